The fourth-order valence-electron chi connectivity index (χ4n) is 2.72. The summed E-state index contributed by atoms with van der Waals surface area (Å²) in [6.45, 7) is 1.97. The van der Waals surface area contributed by atoms with E-state index in [4.69, 9.17) is 27.9 Å². The molecule has 1 aliphatic carbocycles. The molecule has 1 aliphatic rings. The van der Waals surface area contributed by atoms with Gasteiger partial charge in [0, 0.05) is 38.5 Å². The molecule has 1 unspecified atom stereocenters. The van der Waals surface area contributed by atoms with Gasteiger partial charge in [-0.1, -0.05) is 53.6 Å². The van der Waals surface area contributed by atoms with E-state index in [-0.39, 0.29) is 11.4 Å². The van der Waals surface area contributed by atoms with Gasteiger partial charge in [0.15, 0.2) is 11.6 Å². The van der Waals surface area contributed by atoms with E-state index in [9.17, 15) is 13.2 Å². The summed E-state index contributed by atoms with van der Waals surface area (Å²) in [5.41, 5.74) is 2.02. The molecule has 0 saturated carbocycles. The van der Waals surface area contributed by atoms with Gasteiger partial charge in [-0.3, -0.25) is 9.19 Å². The van der Waals surface area contributed by atoms with Crippen molar-refractivity contribution in [3.63, 3.8) is 0 Å². The van der Waals surface area contributed by atoms with Crippen LogP contribution in [-0.2, 0) is 11.3 Å². The molecule has 0 fully saturated rings. The summed E-state index contributed by atoms with van der Waals surface area (Å²) in [6, 6.07) is 13.0. The van der Waals surface area contributed by atoms with Gasteiger partial charge in [0.1, 0.15) is 5.75 Å². The molecule has 0 aliphatic heterocycles. The summed E-state index contributed by atoms with van der Waals surface area (Å²) < 4.78 is 42.5. The molecule has 0 saturated heterocycles. The van der Waals surface area contributed by atoms with Crippen LogP contribution < -0.4 is 9.46 Å². The number of nitrogens with zero attached hydrogens (tertiary/aromatic N) is 1. The van der Waals surface area contributed by atoms with Crippen molar-refractivity contribution >= 4 is 51.1 Å². The van der Waals surface area contributed by atoms with Crippen molar-refractivity contribution in [3.05, 3.63) is 94.4 Å². The van der Waals surface area contributed by atoms with Gasteiger partial charge in [-0.25, -0.2) is 4.39 Å². The third kappa shape index (κ3) is 6.90. The summed E-state index contributed by atoms with van der Waals surface area (Å²) in [6.07, 6.45) is 8.12. The molecule has 32 heavy (non-hydrogen) atoms. The van der Waals surface area contributed by atoms with Crippen LogP contribution in [0.1, 0.15) is 13.3 Å². The maximum Gasteiger partial charge on any atom is 0.167 e. The number of halogens is 3. The standard InChI is InChI=1S/C15H11FN2O3S.C8H8Cl2/c16-13-8-11(18-22(19)20)5-6-15(13)21-12-7-10-3-1-2-4-14(10)17-9-12;1-6-3-2-4-7(9)5-8(6)10/h1-9,18H,(H,19,20);3-5H,2H2,1H3/p-1. The van der Waals surface area contributed by atoms with Crippen LogP contribution in [-0.4, -0.2) is 13.7 Å². The number of aromatic nitrogens is 1. The van der Waals surface area contributed by atoms with E-state index in [1.165, 1.54) is 18.3 Å². The molecule has 1 aromatic heterocycles. The van der Waals surface area contributed by atoms with Crippen molar-refractivity contribution in [1.29, 1.82) is 0 Å². The third-order valence-corrected chi connectivity index (χ3v) is 5.38. The highest BCUT2D eigenvalue weighted by molar-refractivity contribution is 7.80. The lowest BCUT2D eigenvalue weighted by molar-refractivity contribution is 0.441. The molecule has 2 aromatic carbocycles. The molecular weight excluding hydrogens is 474 g/mol. The molecule has 0 spiro atoms. The zero-order valence-electron chi connectivity index (χ0n) is 16.8. The third-order valence-electron chi connectivity index (χ3n) is 4.30. The van der Waals surface area contributed by atoms with Crippen molar-refractivity contribution in [2.24, 2.45) is 0 Å². The lowest BCUT2D eigenvalue weighted by Crippen LogP contribution is -2.02. The first-order valence-corrected chi connectivity index (χ1v) is 11.2. The lowest BCUT2D eigenvalue weighted by atomic mass is 10.2. The van der Waals surface area contributed by atoms with Crippen molar-refractivity contribution in [3.8, 4) is 11.5 Å². The van der Waals surface area contributed by atoms with Crippen LogP contribution in [0.5, 0.6) is 11.5 Å². The van der Waals surface area contributed by atoms with E-state index >= 15 is 0 Å². The fraction of sp³-hybridized carbons (Fsp3) is 0.0870. The number of rotatable bonds is 4. The second-order valence-corrected chi connectivity index (χ2v) is 8.17. The van der Waals surface area contributed by atoms with Gasteiger partial charge >= 0.3 is 0 Å². The van der Waals surface area contributed by atoms with Gasteiger partial charge in [0.05, 0.1) is 11.7 Å². The molecule has 4 rings (SSSR count). The average molecular weight is 492 g/mol. The second-order valence-electron chi connectivity index (χ2n) is 6.65. The molecule has 1 N–H and O–H groups in total. The van der Waals surface area contributed by atoms with Crippen LogP contribution in [0.25, 0.3) is 10.9 Å². The molecule has 3 aromatic rings. The Labute approximate surface area is 197 Å². The van der Waals surface area contributed by atoms with Gasteiger partial charge in [0.25, 0.3) is 0 Å². The first-order valence-electron chi connectivity index (χ1n) is 9.40. The molecule has 9 heteroatoms. The van der Waals surface area contributed by atoms with E-state index in [0.29, 0.717) is 5.75 Å². The van der Waals surface area contributed by atoms with E-state index in [1.807, 2.05) is 43.3 Å². The van der Waals surface area contributed by atoms with Gasteiger partial charge in [-0.05, 0) is 49.3 Å². The van der Waals surface area contributed by atoms with Crippen LogP contribution in [0.3, 0.4) is 0 Å². The smallest absolute Gasteiger partial charge is 0.167 e. The molecule has 0 amide bonds. The summed E-state index contributed by atoms with van der Waals surface area (Å²) >= 11 is 9.08. The van der Waals surface area contributed by atoms with Gasteiger partial charge < -0.3 is 14.0 Å². The summed E-state index contributed by atoms with van der Waals surface area (Å²) in [5.74, 6) is -0.298. The minimum Gasteiger partial charge on any atom is -0.755 e. The fourth-order valence-corrected chi connectivity index (χ4v) is 3.48. The number of anilines is 1. The Balaban J connectivity index is 0.000000243. The van der Waals surface area contributed by atoms with Crippen LogP contribution in [0, 0.1) is 5.82 Å². The van der Waals surface area contributed by atoms with Gasteiger partial charge in [0.2, 0.25) is 0 Å². The Morgan fingerprint density at radius 3 is 2.69 bits per heavy atom. The van der Waals surface area contributed by atoms with Crippen molar-refractivity contribution in [2.45, 2.75) is 13.3 Å². The van der Waals surface area contributed by atoms with Crippen molar-refractivity contribution < 1.29 is 17.9 Å². The summed E-state index contributed by atoms with van der Waals surface area (Å²) in [4.78, 5) is 4.22. The monoisotopic (exact) mass is 491 g/mol. The lowest BCUT2D eigenvalue weighted by Gasteiger charge is -2.11. The Kier molecular flexibility index (Phi) is 8.41. The maximum atomic E-state index is 13.9. The first kappa shape index (κ1) is 23.9. The Morgan fingerprint density at radius 1 is 1.16 bits per heavy atom. The molecule has 1 heterocycles. The molecular formula is C23H18Cl2FN2O3S-. The second kappa shape index (κ2) is 11.2. The zero-order valence-corrected chi connectivity index (χ0v) is 19.2. The number of fused-ring (bicyclic) bond motifs is 1. The molecule has 1 atom stereocenters. The Bertz CT molecular complexity index is 1240. The van der Waals surface area contributed by atoms with Gasteiger partial charge in [-0.15, -0.1) is 0 Å². The van der Waals surface area contributed by atoms with E-state index < -0.39 is 17.1 Å². The normalized spacial score (nSPS) is 14.2. The van der Waals surface area contributed by atoms with Crippen LogP contribution in [0.4, 0.5) is 10.1 Å². The van der Waals surface area contributed by atoms with Crippen molar-refractivity contribution in [2.75, 3.05) is 4.72 Å². The molecule has 5 nitrogen and oxygen atoms in total. The Morgan fingerprint density at radius 2 is 1.94 bits per heavy atom. The molecule has 0 radical (unpaired) electrons. The topological polar surface area (TPSA) is 74.3 Å². The number of hydrogen-bond donors (Lipinski definition) is 1. The quantitative estimate of drug-likeness (QED) is 0.400. The summed E-state index contributed by atoms with van der Waals surface area (Å²) in [7, 11) is 0. The van der Waals surface area contributed by atoms with Crippen LogP contribution in [0.15, 0.2) is 88.6 Å². The van der Waals surface area contributed by atoms with E-state index in [1.54, 1.807) is 12.1 Å². The Hall–Kier alpha value is -2.71. The highest BCUT2D eigenvalue weighted by Gasteiger charge is 2.07. The largest absolute Gasteiger partial charge is 0.755 e. The molecule has 0 bridgehead atoms. The SMILES string of the molecule is CC1=CCC=C(Cl)C=C1Cl.O=S([O-])Nc1ccc(Oc2cnc3ccccc3c2)c(F)c1. The maximum absolute atomic E-state index is 13.9. The predicted octanol–water partition coefficient (Wildman–Crippen LogP) is 6.95. The average Bonchev–Trinajstić information content (AvgIpc) is 2.89. The number of hydrogen-bond acceptors (Lipinski definition) is 4. The first-order chi connectivity index (χ1) is 15.3. The van der Waals surface area contributed by atoms with Crippen LogP contribution in [0.2, 0.25) is 0 Å². The van der Waals surface area contributed by atoms with Gasteiger partial charge in [-0.2, -0.15) is 0 Å². The number of ether oxygens (including phenoxy) is 1. The highest BCUT2D eigenvalue weighted by Crippen LogP contribution is 2.28. The number of pyridine rings is 1. The number of para-hydroxylation sites is 1. The number of benzene rings is 2. The van der Waals surface area contributed by atoms with E-state index in [2.05, 4.69) is 9.71 Å². The minimum absolute atomic E-state index is 0.0145. The minimum atomic E-state index is -2.50. The molecule has 166 valence electrons. The number of nitrogens with one attached hydrogen (secondary N) is 1. The van der Waals surface area contributed by atoms with Crippen molar-refractivity contribution in [1.82, 2.24) is 4.98 Å². The van der Waals surface area contributed by atoms with Crippen LogP contribution >= 0.6 is 23.2 Å². The zero-order chi connectivity index (χ0) is 23.1. The highest BCUT2D eigenvalue weighted by atomic mass is 35.5. The predicted molar refractivity (Wildman–Crippen MR) is 127 cm³/mol. The van der Waals surface area contributed by atoms with E-state index in [0.717, 1.165) is 39.0 Å². The summed E-state index contributed by atoms with van der Waals surface area (Å²) in [5, 5.41) is 2.33. The number of allylic oxidation sites excluding steroid dienone is 6.